The lowest BCUT2D eigenvalue weighted by atomic mass is 9.98. The second kappa shape index (κ2) is 11.5. The van der Waals surface area contributed by atoms with Crippen LogP contribution in [0.2, 0.25) is 0 Å². The molecule has 0 saturated carbocycles. The van der Waals surface area contributed by atoms with Gasteiger partial charge in [-0.15, -0.1) is 0 Å². The van der Waals surface area contributed by atoms with E-state index < -0.39 is 17.4 Å². The van der Waals surface area contributed by atoms with Crippen LogP contribution in [0.1, 0.15) is 59.3 Å². The third-order valence-corrected chi connectivity index (χ3v) is 5.84. The Hall–Kier alpha value is -3.83. The summed E-state index contributed by atoms with van der Waals surface area (Å²) in [6.45, 7) is 6.34. The number of rotatable bonds is 9. The van der Waals surface area contributed by atoms with Crippen LogP contribution in [-0.2, 0) is 6.54 Å². The van der Waals surface area contributed by atoms with Gasteiger partial charge in [-0.3, -0.25) is 14.2 Å². The monoisotopic (exact) mass is 475 g/mol. The quantitative estimate of drug-likeness (QED) is 0.507. The van der Waals surface area contributed by atoms with Gasteiger partial charge in [-0.2, -0.15) is 5.26 Å². The summed E-state index contributed by atoms with van der Waals surface area (Å²) in [7, 11) is 0. The van der Waals surface area contributed by atoms with Crippen molar-refractivity contribution in [2.75, 3.05) is 13.1 Å². The Morgan fingerprint density at radius 3 is 2.51 bits per heavy atom. The van der Waals surface area contributed by atoms with Gasteiger partial charge < -0.3 is 10.6 Å². The van der Waals surface area contributed by atoms with Crippen molar-refractivity contribution in [1.29, 1.82) is 5.26 Å². The molecule has 0 aliphatic heterocycles. The van der Waals surface area contributed by atoms with Crippen molar-refractivity contribution in [3.05, 3.63) is 99.0 Å². The van der Waals surface area contributed by atoms with Crippen LogP contribution in [-0.4, -0.2) is 33.4 Å². The van der Waals surface area contributed by atoms with Gasteiger partial charge in [0.05, 0.1) is 18.3 Å². The molecule has 3 aromatic rings. The lowest BCUT2D eigenvalue weighted by molar-refractivity contribution is 0.0601. The lowest BCUT2D eigenvalue weighted by Gasteiger charge is -2.35. The van der Waals surface area contributed by atoms with Crippen LogP contribution in [0, 0.1) is 30.0 Å². The van der Waals surface area contributed by atoms with E-state index in [0.29, 0.717) is 31.0 Å². The van der Waals surface area contributed by atoms with Gasteiger partial charge in [-0.25, -0.2) is 9.37 Å². The molecule has 2 N–H and O–H groups in total. The Balaban J connectivity index is 2.22. The summed E-state index contributed by atoms with van der Waals surface area (Å²) in [5.74, 6) is -0.651. The molecule has 1 aromatic heterocycles. The van der Waals surface area contributed by atoms with Gasteiger partial charge in [0.1, 0.15) is 23.3 Å². The Bertz CT molecular complexity index is 1280. The molecule has 1 unspecified atom stereocenters. The van der Waals surface area contributed by atoms with Crippen LogP contribution in [0.3, 0.4) is 0 Å². The molecule has 0 fully saturated rings. The van der Waals surface area contributed by atoms with Crippen LogP contribution in [0.4, 0.5) is 4.39 Å². The van der Waals surface area contributed by atoms with E-state index in [0.717, 1.165) is 5.56 Å². The Morgan fingerprint density at radius 2 is 1.91 bits per heavy atom. The Kier molecular flexibility index (Phi) is 8.50. The highest BCUT2D eigenvalue weighted by molar-refractivity contribution is 5.94. The molecule has 35 heavy (non-hydrogen) atoms. The number of nitrogens with two attached hydrogens (primary N) is 1. The number of benzene rings is 2. The minimum Gasteiger partial charge on any atom is -0.330 e. The largest absolute Gasteiger partial charge is 0.330 e. The van der Waals surface area contributed by atoms with Crippen molar-refractivity contribution >= 4 is 5.91 Å². The molecule has 1 amide bonds. The van der Waals surface area contributed by atoms with Gasteiger partial charge in [0.2, 0.25) is 0 Å². The second-order valence-electron chi connectivity index (χ2n) is 8.76. The van der Waals surface area contributed by atoms with E-state index in [1.807, 2.05) is 50.2 Å². The number of hydrogen-bond donors (Lipinski definition) is 1. The average molecular weight is 476 g/mol. The maximum Gasteiger partial charge on any atom is 0.272 e. The third kappa shape index (κ3) is 5.81. The van der Waals surface area contributed by atoms with E-state index in [4.69, 9.17) is 5.73 Å². The van der Waals surface area contributed by atoms with Crippen LogP contribution in [0.15, 0.2) is 59.4 Å². The van der Waals surface area contributed by atoms with E-state index in [2.05, 4.69) is 4.98 Å². The molecule has 0 spiro atoms. The summed E-state index contributed by atoms with van der Waals surface area (Å²) in [6, 6.07) is 16.3. The summed E-state index contributed by atoms with van der Waals surface area (Å²) >= 11 is 0. The molecule has 3 rings (SSSR count). The zero-order valence-electron chi connectivity index (χ0n) is 20.2. The van der Waals surface area contributed by atoms with Crippen molar-refractivity contribution < 1.29 is 9.18 Å². The highest BCUT2D eigenvalue weighted by atomic mass is 19.1. The number of carbonyl (C=O) groups excluding carboxylic acids is 1. The number of hydrogen-bond acceptors (Lipinski definition) is 5. The molecule has 7 nitrogen and oxygen atoms in total. The molecule has 2 aromatic carbocycles. The smallest absolute Gasteiger partial charge is 0.272 e. The predicted octanol–water partition coefficient (Wildman–Crippen LogP) is 3.80. The van der Waals surface area contributed by atoms with Crippen molar-refractivity contribution in [2.24, 2.45) is 11.7 Å². The van der Waals surface area contributed by atoms with Gasteiger partial charge in [-0.05, 0) is 49.6 Å². The SMILES string of the molecule is Cc1nc(C(C(C)C)N(CCCN)C(=O)c2cccc(F)c2)n(Cc2ccccc2)c(=O)c1C#N. The van der Waals surface area contributed by atoms with Crippen LogP contribution < -0.4 is 11.3 Å². The topological polar surface area (TPSA) is 105 Å². The summed E-state index contributed by atoms with van der Waals surface area (Å²) in [5.41, 5.74) is 6.65. The number of carbonyl (C=O) groups is 1. The molecule has 0 radical (unpaired) electrons. The van der Waals surface area contributed by atoms with E-state index in [1.165, 1.54) is 22.8 Å². The minimum atomic E-state index is -0.611. The number of amides is 1. The predicted molar refractivity (Wildman–Crippen MR) is 132 cm³/mol. The number of aryl methyl sites for hydroxylation is 1. The van der Waals surface area contributed by atoms with E-state index in [-0.39, 0.29) is 29.5 Å². The molecule has 0 saturated heterocycles. The van der Waals surface area contributed by atoms with E-state index in [1.54, 1.807) is 17.9 Å². The molecule has 182 valence electrons. The van der Waals surface area contributed by atoms with Gasteiger partial charge in [0, 0.05) is 12.1 Å². The third-order valence-electron chi connectivity index (χ3n) is 5.84. The fraction of sp³-hybridized carbons (Fsp3) is 0.333. The summed E-state index contributed by atoms with van der Waals surface area (Å²) in [5, 5.41) is 9.60. The van der Waals surface area contributed by atoms with Crippen molar-refractivity contribution in [1.82, 2.24) is 14.5 Å². The normalized spacial score (nSPS) is 11.8. The zero-order chi connectivity index (χ0) is 25.5. The van der Waals surface area contributed by atoms with Crippen molar-refractivity contribution in [3.63, 3.8) is 0 Å². The van der Waals surface area contributed by atoms with E-state index >= 15 is 0 Å². The first-order chi connectivity index (χ1) is 16.8. The molecule has 0 bridgehead atoms. The molecular weight excluding hydrogens is 445 g/mol. The van der Waals surface area contributed by atoms with Crippen LogP contribution in [0.5, 0.6) is 0 Å². The second-order valence-corrected chi connectivity index (χ2v) is 8.76. The Labute approximate surface area is 204 Å². The molecule has 1 atom stereocenters. The van der Waals surface area contributed by atoms with Crippen molar-refractivity contribution in [2.45, 2.75) is 39.8 Å². The lowest BCUT2D eigenvalue weighted by Crippen LogP contribution is -2.43. The van der Waals surface area contributed by atoms with E-state index in [9.17, 15) is 19.2 Å². The van der Waals surface area contributed by atoms with Gasteiger partial charge >= 0.3 is 0 Å². The standard InChI is InChI=1S/C27H30FN5O2/c1-18(2)24(32(14-8-13-29)26(34)21-11-7-12-22(28)15-21)25-31-19(3)23(16-30)27(35)33(25)17-20-9-5-4-6-10-20/h4-7,9-12,15,18,24H,8,13-14,17,29H2,1-3H3. The highest BCUT2D eigenvalue weighted by Crippen LogP contribution is 2.30. The minimum absolute atomic E-state index is 0.0304. The molecular formula is C27H30FN5O2. The molecule has 0 aliphatic carbocycles. The van der Waals surface area contributed by atoms with Gasteiger partial charge in [0.25, 0.3) is 11.5 Å². The fourth-order valence-electron chi connectivity index (χ4n) is 4.17. The molecule has 8 heteroatoms. The fourth-order valence-corrected chi connectivity index (χ4v) is 4.17. The number of nitriles is 1. The highest BCUT2D eigenvalue weighted by Gasteiger charge is 2.33. The maximum atomic E-state index is 13.9. The number of halogens is 1. The number of aromatic nitrogens is 2. The first-order valence-electron chi connectivity index (χ1n) is 11.6. The van der Waals surface area contributed by atoms with Gasteiger partial charge in [-0.1, -0.05) is 50.2 Å². The van der Waals surface area contributed by atoms with Crippen LogP contribution >= 0.6 is 0 Å². The molecule has 0 aliphatic rings. The zero-order valence-corrected chi connectivity index (χ0v) is 20.2. The first kappa shape index (κ1) is 25.8. The molecule has 1 heterocycles. The Morgan fingerprint density at radius 1 is 1.20 bits per heavy atom. The summed E-state index contributed by atoms with van der Waals surface area (Å²) in [4.78, 5) is 33.4. The first-order valence-corrected chi connectivity index (χ1v) is 11.6. The number of nitrogens with zero attached hydrogens (tertiary/aromatic N) is 4. The van der Waals surface area contributed by atoms with Gasteiger partial charge in [0.15, 0.2) is 0 Å². The summed E-state index contributed by atoms with van der Waals surface area (Å²) < 4.78 is 15.4. The average Bonchev–Trinajstić information content (AvgIpc) is 2.84. The maximum absolute atomic E-state index is 13.9. The van der Waals surface area contributed by atoms with Crippen molar-refractivity contribution in [3.8, 4) is 6.07 Å². The van der Waals surface area contributed by atoms with Crippen LogP contribution in [0.25, 0.3) is 0 Å². The summed E-state index contributed by atoms with van der Waals surface area (Å²) in [6.07, 6.45) is 0.516.